The van der Waals surface area contributed by atoms with Crippen molar-refractivity contribution in [1.29, 1.82) is 0 Å². The molecule has 0 saturated carbocycles. The third kappa shape index (κ3) is 3.28. The Hall–Kier alpha value is -1.40. The van der Waals surface area contributed by atoms with Crippen molar-refractivity contribution in [2.75, 3.05) is 19.6 Å². The molecule has 0 radical (unpaired) electrons. The Labute approximate surface area is 138 Å². The number of benzene rings is 1. The molecular formula is C17H24N2O3S. The van der Waals surface area contributed by atoms with Crippen molar-refractivity contribution >= 4 is 15.9 Å². The van der Waals surface area contributed by atoms with E-state index in [0.29, 0.717) is 18.7 Å². The maximum atomic E-state index is 12.6. The fourth-order valence-corrected chi connectivity index (χ4v) is 4.93. The summed E-state index contributed by atoms with van der Waals surface area (Å²) in [6.07, 6.45) is 5.08. The number of carbonyl (C=O) groups excluding carboxylic acids is 1. The predicted octanol–water partition coefficient (Wildman–Crippen LogP) is 2.49. The van der Waals surface area contributed by atoms with Gasteiger partial charge in [-0.3, -0.25) is 4.79 Å². The number of amides is 1. The summed E-state index contributed by atoms with van der Waals surface area (Å²) in [5.74, 6) is 0.00215. The van der Waals surface area contributed by atoms with Gasteiger partial charge in [0.1, 0.15) is 0 Å². The quantitative estimate of drug-likeness (QED) is 0.852. The number of sulfonamides is 1. The second kappa shape index (κ2) is 6.61. The third-order valence-electron chi connectivity index (χ3n) is 4.87. The van der Waals surface area contributed by atoms with Crippen LogP contribution >= 0.6 is 0 Å². The zero-order chi connectivity index (χ0) is 16.4. The minimum Gasteiger partial charge on any atom is -0.336 e. The van der Waals surface area contributed by atoms with Gasteiger partial charge in [-0.05, 0) is 63.3 Å². The molecule has 126 valence electrons. The first kappa shape index (κ1) is 16.5. The first-order valence-electron chi connectivity index (χ1n) is 8.41. The second-order valence-corrected chi connectivity index (χ2v) is 8.42. The van der Waals surface area contributed by atoms with Gasteiger partial charge in [0.15, 0.2) is 0 Å². The van der Waals surface area contributed by atoms with E-state index in [4.69, 9.17) is 0 Å². The molecule has 6 heteroatoms. The van der Waals surface area contributed by atoms with E-state index < -0.39 is 10.0 Å². The van der Waals surface area contributed by atoms with Gasteiger partial charge < -0.3 is 4.90 Å². The normalized spacial score (nSPS) is 23.2. The molecule has 1 aromatic carbocycles. The molecule has 0 spiro atoms. The molecule has 2 aliphatic heterocycles. The summed E-state index contributed by atoms with van der Waals surface area (Å²) in [6.45, 7) is 4.04. The van der Waals surface area contributed by atoms with Gasteiger partial charge in [-0.1, -0.05) is 0 Å². The molecule has 0 aliphatic carbocycles. The monoisotopic (exact) mass is 336 g/mol. The minimum atomic E-state index is -3.41. The Morgan fingerprint density at radius 3 is 2.22 bits per heavy atom. The van der Waals surface area contributed by atoms with Crippen molar-refractivity contribution in [2.24, 2.45) is 0 Å². The van der Waals surface area contributed by atoms with E-state index in [1.54, 1.807) is 24.3 Å². The van der Waals surface area contributed by atoms with Crippen molar-refractivity contribution < 1.29 is 13.2 Å². The van der Waals surface area contributed by atoms with E-state index in [2.05, 4.69) is 6.92 Å². The van der Waals surface area contributed by atoms with Crippen LogP contribution in [0, 0.1) is 0 Å². The zero-order valence-corrected chi connectivity index (χ0v) is 14.4. The molecule has 1 atom stereocenters. The lowest BCUT2D eigenvalue weighted by Gasteiger charge is -2.33. The molecule has 5 nitrogen and oxygen atoms in total. The summed E-state index contributed by atoms with van der Waals surface area (Å²) in [6, 6.07) is 6.67. The SMILES string of the molecule is CC1CCCCN1C(=O)c1ccc(S(=O)(=O)N2CCCC2)cc1. The van der Waals surface area contributed by atoms with Gasteiger partial charge in [0.2, 0.25) is 10.0 Å². The Morgan fingerprint density at radius 1 is 1.00 bits per heavy atom. The molecule has 2 heterocycles. The molecule has 23 heavy (non-hydrogen) atoms. The van der Waals surface area contributed by atoms with Crippen LogP contribution in [0.15, 0.2) is 29.2 Å². The van der Waals surface area contributed by atoms with E-state index in [1.807, 2.05) is 4.90 Å². The highest BCUT2D eigenvalue weighted by Crippen LogP contribution is 2.23. The maximum Gasteiger partial charge on any atom is 0.254 e. The summed E-state index contributed by atoms with van der Waals surface area (Å²) in [5.41, 5.74) is 0.569. The molecule has 0 N–H and O–H groups in total. The highest BCUT2D eigenvalue weighted by atomic mass is 32.2. The average molecular weight is 336 g/mol. The van der Waals surface area contributed by atoms with Crippen LogP contribution in [0.3, 0.4) is 0 Å². The number of piperidine rings is 1. The van der Waals surface area contributed by atoms with E-state index in [1.165, 1.54) is 4.31 Å². The first-order valence-corrected chi connectivity index (χ1v) is 9.85. The lowest BCUT2D eigenvalue weighted by atomic mass is 10.0. The first-order chi connectivity index (χ1) is 11.0. The Morgan fingerprint density at radius 2 is 1.61 bits per heavy atom. The number of rotatable bonds is 3. The van der Waals surface area contributed by atoms with Gasteiger partial charge in [0.25, 0.3) is 5.91 Å². The highest BCUT2D eigenvalue weighted by molar-refractivity contribution is 7.89. The number of likely N-dealkylation sites (tertiary alicyclic amines) is 1. The average Bonchev–Trinajstić information content (AvgIpc) is 3.10. The number of nitrogens with zero attached hydrogens (tertiary/aromatic N) is 2. The predicted molar refractivity (Wildman–Crippen MR) is 88.8 cm³/mol. The van der Waals surface area contributed by atoms with Gasteiger partial charge >= 0.3 is 0 Å². The van der Waals surface area contributed by atoms with Crippen LogP contribution in [-0.4, -0.2) is 49.2 Å². The highest BCUT2D eigenvalue weighted by Gasteiger charge is 2.28. The Balaban J connectivity index is 1.77. The van der Waals surface area contributed by atoms with Gasteiger partial charge in [-0.2, -0.15) is 4.31 Å². The topological polar surface area (TPSA) is 57.7 Å². The maximum absolute atomic E-state index is 12.6. The number of carbonyl (C=O) groups is 1. The summed E-state index contributed by atoms with van der Waals surface area (Å²) >= 11 is 0. The van der Waals surface area contributed by atoms with E-state index in [9.17, 15) is 13.2 Å². The van der Waals surface area contributed by atoms with Crippen LogP contribution in [0.5, 0.6) is 0 Å². The minimum absolute atomic E-state index is 0.00215. The van der Waals surface area contributed by atoms with Crippen molar-refractivity contribution in [3.05, 3.63) is 29.8 Å². The standard InChI is InChI=1S/C17H24N2O3S/c1-14-6-2-3-13-19(14)17(20)15-7-9-16(10-8-15)23(21,22)18-11-4-5-12-18/h7-10,14H,2-6,11-13H2,1H3. The molecule has 0 aromatic heterocycles. The van der Waals surface area contributed by atoms with Crippen molar-refractivity contribution in [1.82, 2.24) is 9.21 Å². The van der Waals surface area contributed by atoms with Crippen molar-refractivity contribution in [3.63, 3.8) is 0 Å². The fourth-order valence-electron chi connectivity index (χ4n) is 3.41. The molecule has 1 amide bonds. The Kier molecular flexibility index (Phi) is 4.73. The number of hydrogen-bond donors (Lipinski definition) is 0. The van der Waals surface area contributed by atoms with Crippen molar-refractivity contribution in [3.8, 4) is 0 Å². The molecule has 1 aromatic rings. The lowest BCUT2D eigenvalue weighted by molar-refractivity contribution is 0.0635. The molecule has 2 aliphatic rings. The molecular weight excluding hydrogens is 312 g/mol. The number of hydrogen-bond acceptors (Lipinski definition) is 3. The van der Waals surface area contributed by atoms with E-state index >= 15 is 0 Å². The van der Waals surface area contributed by atoms with Crippen LogP contribution in [-0.2, 0) is 10.0 Å². The van der Waals surface area contributed by atoms with E-state index in [0.717, 1.165) is 38.6 Å². The zero-order valence-electron chi connectivity index (χ0n) is 13.6. The van der Waals surface area contributed by atoms with Crippen LogP contribution in [0.2, 0.25) is 0 Å². The summed E-state index contributed by atoms with van der Waals surface area (Å²) in [5, 5.41) is 0. The molecule has 3 rings (SSSR count). The van der Waals surface area contributed by atoms with Crippen LogP contribution in [0.4, 0.5) is 0 Å². The molecule has 2 saturated heterocycles. The second-order valence-electron chi connectivity index (χ2n) is 6.48. The van der Waals surface area contributed by atoms with E-state index in [-0.39, 0.29) is 16.8 Å². The molecule has 0 bridgehead atoms. The smallest absolute Gasteiger partial charge is 0.254 e. The molecule has 2 fully saturated rings. The van der Waals surface area contributed by atoms with Gasteiger partial charge in [-0.15, -0.1) is 0 Å². The van der Waals surface area contributed by atoms with Gasteiger partial charge in [-0.25, -0.2) is 8.42 Å². The van der Waals surface area contributed by atoms with Gasteiger partial charge in [0, 0.05) is 31.2 Å². The molecule has 1 unspecified atom stereocenters. The lowest BCUT2D eigenvalue weighted by Crippen LogP contribution is -2.42. The summed E-state index contributed by atoms with van der Waals surface area (Å²) < 4.78 is 26.5. The van der Waals surface area contributed by atoms with Gasteiger partial charge in [0.05, 0.1) is 4.90 Å². The van der Waals surface area contributed by atoms with Crippen LogP contribution < -0.4 is 0 Å². The summed E-state index contributed by atoms with van der Waals surface area (Å²) in [7, 11) is -3.41. The third-order valence-corrected chi connectivity index (χ3v) is 6.78. The fraction of sp³-hybridized carbons (Fsp3) is 0.588. The van der Waals surface area contributed by atoms with Crippen LogP contribution in [0.25, 0.3) is 0 Å². The largest absolute Gasteiger partial charge is 0.336 e. The Bertz CT molecular complexity index is 664. The summed E-state index contributed by atoms with van der Waals surface area (Å²) in [4.78, 5) is 14.8. The van der Waals surface area contributed by atoms with Crippen LogP contribution in [0.1, 0.15) is 49.4 Å². The van der Waals surface area contributed by atoms with Crippen molar-refractivity contribution in [2.45, 2.75) is 50.0 Å².